The highest BCUT2D eigenvalue weighted by atomic mass is 16.5. The van der Waals surface area contributed by atoms with Crippen molar-refractivity contribution in [2.75, 3.05) is 25.4 Å². The number of benzene rings is 1. The Bertz CT molecular complexity index is 394. The van der Waals surface area contributed by atoms with E-state index in [1.54, 1.807) is 6.07 Å². The molecule has 1 aromatic rings. The van der Waals surface area contributed by atoms with Crippen LogP contribution in [0.25, 0.3) is 0 Å². The Morgan fingerprint density at radius 2 is 1.80 bits per heavy atom. The summed E-state index contributed by atoms with van der Waals surface area (Å²) in [6.07, 6.45) is -0.518. The summed E-state index contributed by atoms with van der Waals surface area (Å²) < 4.78 is 5.58. The monoisotopic (exact) mass is 280 g/mol. The van der Waals surface area contributed by atoms with Crippen molar-refractivity contribution < 1.29 is 9.84 Å². The molecule has 114 valence electrons. The standard InChI is InChI=1S/C16H28N2O2/c1-12(2)9-18(13(3)4)10-14(19)11-20-16-8-6-5-7-15(16)17/h5-8,12-14,19H,9-11,17H2,1-4H3. The third-order valence-electron chi connectivity index (χ3n) is 3.13. The molecule has 1 unspecified atom stereocenters. The molecule has 0 radical (unpaired) electrons. The SMILES string of the molecule is CC(C)CN(CC(O)COc1ccccc1N)C(C)C. The van der Waals surface area contributed by atoms with E-state index in [1.165, 1.54) is 0 Å². The van der Waals surface area contributed by atoms with Crippen molar-refractivity contribution in [3.63, 3.8) is 0 Å². The molecule has 1 rings (SSSR count). The minimum absolute atomic E-state index is 0.259. The number of rotatable bonds is 8. The van der Waals surface area contributed by atoms with E-state index in [4.69, 9.17) is 10.5 Å². The highest BCUT2D eigenvalue weighted by Gasteiger charge is 2.16. The Balaban J connectivity index is 2.45. The molecule has 0 bridgehead atoms. The quantitative estimate of drug-likeness (QED) is 0.718. The fourth-order valence-electron chi connectivity index (χ4n) is 2.09. The van der Waals surface area contributed by atoms with Crippen molar-refractivity contribution in [3.05, 3.63) is 24.3 Å². The zero-order chi connectivity index (χ0) is 15.1. The zero-order valence-corrected chi connectivity index (χ0v) is 13.0. The van der Waals surface area contributed by atoms with Gasteiger partial charge in [-0.25, -0.2) is 0 Å². The molecular formula is C16H28N2O2. The Morgan fingerprint density at radius 3 is 2.35 bits per heavy atom. The number of nitrogens with zero attached hydrogens (tertiary/aromatic N) is 1. The van der Waals surface area contributed by atoms with Gasteiger partial charge in [0.05, 0.1) is 5.69 Å². The van der Waals surface area contributed by atoms with Gasteiger partial charge in [0.25, 0.3) is 0 Å². The van der Waals surface area contributed by atoms with Crippen molar-refractivity contribution >= 4 is 5.69 Å². The van der Waals surface area contributed by atoms with Crippen LogP contribution in [0, 0.1) is 5.92 Å². The summed E-state index contributed by atoms with van der Waals surface area (Å²) in [6.45, 7) is 10.5. The number of aliphatic hydroxyl groups excluding tert-OH is 1. The Kier molecular flexibility index (Phi) is 6.82. The maximum Gasteiger partial charge on any atom is 0.142 e. The molecule has 1 aromatic carbocycles. The van der Waals surface area contributed by atoms with Crippen molar-refractivity contribution in [1.29, 1.82) is 0 Å². The van der Waals surface area contributed by atoms with Gasteiger partial charge in [-0.1, -0.05) is 26.0 Å². The number of aliphatic hydroxyl groups is 1. The van der Waals surface area contributed by atoms with Gasteiger partial charge in [0.1, 0.15) is 18.5 Å². The van der Waals surface area contributed by atoms with E-state index in [9.17, 15) is 5.11 Å². The van der Waals surface area contributed by atoms with E-state index in [0.717, 1.165) is 6.54 Å². The molecule has 0 saturated heterocycles. The second-order valence-electron chi connectivity index (χ2n) is 5.94. The fourth-order valence-corrected chi connectivity index (χ4v) is 2.09. The largest absolute Gasteiger partial charge is 0.489 e. The first-order valence-corrected chi connectivity index (χ1v) is 7.29. The maximum absolute atomic E-state index is 10.1. The maximum atomic E-state index is 10.1. The molecule has 20 heavy (non-hydrogen) atoms. The van der Waals surface area contributed by atoms with Gasteiger partial charge in [0.2, 0.25) is 0 Å². The van der Waals surface area contributed by atoms with Gasteiger partial charge >= 0.3 is 0 Å². The highest BCUT2D eigenvalue weighted by Crippen LogP contribution is 2.19. The molecule has 1 atom stereocenters. The average molecular weight is 280 g/mol. The van der Waals surface area contributed by atoms with Crippen molar-refractivity contribution in [1.82, 2.24) is 4.90 Å². The minimum Gasteiger partial charge on any atom is -0.489 e. The van der Waals surface area contributed by atoms with Crippen LogP contribution in [0.4, 0.5) is 5.69 Å². The molecule has 0 aromatic heterocycles. The van der Waals surface area contributed by atoms with E-state index in [-0.39, 0.29) is 6.61 Å². The predicted molar refractivity (Wildman–Crippen MR) is 83.9 cm³/mol. The summed E-state index contributed by atoms with van der Waals surface area (Å²) in [5, 5.41) is 10.1. The van der Waals surface area contributed by atoms with E-state index in [0.29, 0.717) is 29.9 Å². The summed E-state index contributed by atoms with van der Waals surface area (Å²) in [4.78, 5) is 2.27. The van der Waals surface area contributed by atoms with Gasteiger partial charge < -0.3 is 15.6 Å². The second-order valence-corrected chi connectivity index (χ2v) is 5.94. The van der Waals surface area contributed by atoms with Crippen LogP contribution in [-0.2, 0) is 0 Å². The van der Waals surface area contributed by atoms with Crippen LogP contribution in [0.15, 0.2) is 24.3 Å². The normalized spacial score (nSPS) is 13.2. The van der Waals surface area contributed by atoms with Gasteiger partial charge in [0, 0.05) is 19.1 Å². The predicted octanol–water partition coefficient (Wildman–Crippen LogP) is 2.37. The molecule has 3 N–H and O–H groups in total. The lowest BCUT2D eigenvalue weighted by atomic mass is 10.1. The van der Waals surface area contributed by atoms with E-state index in [1.807, 2.05) is 18.2 Å². The van der Waals surface area contributed by atoms with Crippen LogP contribution in [-0.4, -0.2) is 41.8 Å². The molecule has 4 heteroatoms. The highest BCUT2D eigenvalue weighted by molar-refractivity contribution is 5.51. The summed E-state index contributed by atoms with van der Waals surface area (Å²) in [6, 6.07) is 7.75. The Morgan fingerprint density at radius 1 is 1.15 bits per heavy atom. The fraction of sp³-hybridized carbons (Fsp3) is 0.625. The molecule has 4 nitrogen and oxygen atoms in total. The molecule has 0 spiro atoms. The summed E-state index contributed by atoms with van der Waals surface area (Å²) >= 11 is 0. The van der Waals surface area contributed by atoms with Crippen LogP contribution in [0.5, 0.6) is 5.75 Å². The van der Waals surface area contributed by atoms with Gasteiger partial charge in [-0.15, -0.1) is 0 Å². The topological polar surface area (TPSA) is 58.7 Å². The number of nitrogen functional groups attached to an aromatic ring is 1. The molecular weight excluding hydrogens is 252 g/mol. The molecule has 0 heterocycles. The number of nitrogens with two attached hydrogens (primary N) is 1. The van der Waals surface area contributed by atoms with Gasteiger partial charge in [-0.05, 0) is 31.9 Å². The average Bonchev–Trinajstić information content (AvgIpc) is 2.36. The molecule has 0 saturated carbocycles. The van der Waals surface area contributed by atoms with Gasteiger partial charge in [-0.2, -0.15) is 0 Å². The second kappa shape index (κ2) is 8.12. The number of hydrogen-bond donors (Lipinski definition) is 2. The lowest BCUT2D eigenvalue weighted by molar-refractivity contribution is 0.0531. The van der Waals surface area contributed by atoms with Gasteiger partial charge in [-0.3, -0.25) is 4.90 Å². The Hall–Kier alpha value is -1.26. The third-order valence-corrected chi connectivity index (χ3v) is 3.13. The Labute approximate surface area is 122 Å². The lowest BCUT2D eigenvalue weighted by Crippen LogP contribution is -2.41. The smallest absolute Gasteiger partial charge is 0.142 e. The molecule has 0 aliphatic heterocycles. The van der Waals surface area contributed by atoms with Crippen molar-refractivity contribution in [3.8, 4) is 5.75 Å². The van der Waals surface area contributed by atoms with E-state index in [2.05, 4.69) is 32.6 Å². The minimum atomic E-state index is -0.518. The summed E-state index contributed by atoms with van der Waals surface area (Å²) in [5.74, 6) is 1.21. The van der Waals surface area contributed by atoms with E-state index >= 15 is 0 Å². The number of para-hydroxylation sites is 2. The van der Waals surface area contributed by atoms with Crippen LogP contribution in [0.3, 0.4) is 0 Å². The number of anilines is 1. The molecule has 0 aliphatic rings. The van der Waals surface area contributed by atoms with Crippen LogP contribution in [0.2, 0.25) is 0 Å². The first kappa shape index (κ1) is 16.8. The van der Waals surface area contributed by atoms with Crippen LogP contribution >= 0.6 is 0 Å². The number of hydrogen-bond acceptors (Lipinski definition) is 4. The van der Waals surface area contributed by atoms with Crippen molar-refractivity contribution in [2.24, 2.45) is 5.92 Å². The molecule has 0 amide bonds. The lowest BCUT2D eigenvalue weighted by Gasteiger charge is -2.30. The summed E-state index contributed by atoms with van der Waals surface area (Å²) in [7, 11) is 0. The van der Waals surface area contributed by atoms with E-state index < -0.39 is 6.10 Å². The molecule has 0 aliphatic carbocycles. The zero-order valence-electron chi connectivity index (χ0n) is 13.0. The summed E-state index contributed by atoms with van der Waals surface area (Å²) in [5.41, 5.74) is 6.40. The number of ether oxygens (including phenoxy) is 1. The van der Waals surface area contributed by atoms with Crippen LogP contribution in [0.1, 0.15) is 27.7 Å². The van der Waals surface area contributed by atoms with Crippen LogP contribution < -0.4 is 10.5 Å². The van der Waals surface area contributed by atoms with Gasteiger partial charge in [0.15, 0.2) is 0 Å². The first-order chi connectivity index (χ1) is 9.40. The molecule has 0 fully saturated rings. The van der Waals surface area contributed by atoms with Crippen molar-refractivity contribution in [2.45, 2.75) is 39.8 Å². The third kappa shape index (κ3) is 5.80. The first-order valence-electron chi connectivity index (χ1n) is 7.29.